The molecule has 0 saturated carbocycles. The van der Waals surface area contributed by atoms with Crippen molar-refractivity contribution in [1.29, 1.82) is 0 Å². The van der Waals surface area contributed by atoms with Crippen LogP contribution < -0.4 is 5.32 Å². The molecule has 65 heavy (non-hydrogen) atoms. The summed E-state index contributed by atoms with van der Waals surface area (Å²) in [5.41, 5.74) is 0. The van der Waals surface area contributed by atoms with Crippen LogP contribution in [-0.4, -0.2) is 110 Å². The summed E-state index contributed by atoms with van der Waals surface area (Å²) in [5, 5.41) is 76.0. The minimum absolute atomic E-state index is 0.248. The van der Waals surface area contributed by atoms with Gasteiger partial charge in [-0.2, -0.15) is 0 Å². The van der Waals surface area contributed by atoms with Crippen molar-refractivity contribution in [2.45, 2.75) is 287 Å². The number of nitrogens with one attached hydrogen (secondary N) is 1. The predicted octanol–water partition coefficient (Wildman–Crippen LogP) is 10.3. The van der Waals surface area contributed by atoms with Gasteiger partial charge in [0.2, 0.25) is 5.91 Å². The van der Waals surface area contributed by atoms with Crippen LogP contribution in [0.15, 0.2) is 36.5 Å². The number of carbonyl (C=O) groups excluding carboxylic acids is 1. The summed E-state index contributed by atoms with van der Waals surface area (Å²) >= 11 is 0. The Morgan fingerprint density at radius 2 is 0.954 bits per heavy atom. The third kappa shape index (κ3) is 32.7. The third-order valence-electron chi connectivity index (χ3n) is 12.9. The third-order valence-corrected chi connectivity index (χ3v) is 12.9. The summed E-state index contributed by atoms with van der Waals surface area (Å²) in [6.07, 6.45) is 40.4. The molecule has 0 bridgehead atoms. The molecule has 8 N–H and O–H groups in total. The van der Waals surface area contributed by atoms with E-state index >= 15 is 0 Å². The van der Waals surface area contributed by atoms with Gasteiger partial charge in [0.25, 0.3) is 0 Å². The van der Waals surface area contributed by atoms with E-state index in [1.807, 2.05) is 0 Å². The van der Waals surface area contributed by atoms with Crippen molar-refractivity contribution in [3.63, 3.8) is 0 Å². The van der Waals surface area contributed by atoms with Crippen molar-refractivity contribution in [2.24, 2.45) is 0 Å². The van der Waals surface area contributed by atoms with Gasteiger partial charge in [-0.15, -0.1) is 0 Å². The van der Waals surface area contributed by atoms with Crippen molar-refractivity contribution in [3.05, 3.63) is 36.5 Å². The number of ether oxygens (including phenoxy) is 2. The first-order valence-corrected chi connectivity index (χ1v) is 26.9. The van der Waals surface area contributed by atoms with Crippen molar-refractivity contribution < 1.29 is 50.0 Å². The summed E-state index contributed by atoms with van der Waals surface area (Å²) < 4.78 is 11.1. The first-order chi connectivity index (χ1) is 31.7. The van der Waals surface area contributed by atoms with Gasteiger partial charge in [0.05, 0.1) is 25.4 Å². The van der Waals surface area contributed by atoms with E-state index < -0.39 is 74.2 Å². The molecule has 382 valence electrons. The zero-order valence-electron chi connectivity index (χ0n) is 41.5. The molecule has 1 aliphatic rings. The highest BCUT2D eigenvalue weighted by Crippen LogP contribution is 2.23. The molecule has 0 aromatic carbocycles. The number of aliphatic hydroxyl groups is 7. The number of rotatable bonds is 45. The molecule has 0 aromatic rings. The Morgan fingerprint density at radius 1 is 0.538 bits per heavy atom. The first-order valence-electron chi connectivity index (χ1n) is 26.9. The normalized spacial score (nSPS) is 21.2. The molecular weight excluding hydrogens is 823 g/mol. The summed E-state index contributed by atoms with van der Waals surface area (Å²) in [7, 11) is 0. The maximum absolute atomic E-state index is 13.1. The quantitative estimate of drug-likeness (QED) is 0.0166. The molecule has 0 radical (unpaired) electrons. The van der Waals surface area contributed by atoms with Crippen molar-refractivity contribution in [3.8, 4) is 0 Å². The molecule has 1 heterocycles. The van der Waals surface area contributed by atoms with Gasteiger partial charge in [0.1, 0.15) is 36.6 Å². The van der Waals surface area contributed by atoms with Gasteiger partial charge in [-0.3, -0.25) is 4.79 Å². The number of hydrogen-bond acceptors (Lipinski definition) is 10. The minimum atomic E-state index is -1.67. The Labute approximate surface area is 397 Å². The molecule has 1 fully saturated rings. The zero-order chi connectivity index (χ0) is 47.6. The number of aliphatic hydroxyl groups excluding tert-OH is 7. The van der Waals surface area contributed by atoms with Gasteiger partial charge in [-0.25, -0.2) is 0 Å². The van der Waals surface area contributed by atoms with Crippen LogP contribution in [0.4, 0.5) is 0 Å². The minimum Gasteiger partial charge on any atom is -0.394 e. The molecule has 0 aliphatic carbocycles. The fraction of sp³-hybridized carbons (Fsp3) is 0.870. The molecule has 1 aliphatic heterocycles. The lowest BCUT2D eigenvalue weighted by molar-refractivity contribution is -0.303. The Kier molecular flexibility index (Phi) is 41.1. The maximum atomic E-state index is 13.1. The Balaban J connectivity index is 2.39. The van der Waals surface area contributed by atoms with E-state index in [9.17, 15) is 40.5 Å². The van der Waals surface area contributed by atoms with Gasteiger partial charge in [-0.1, -0.05) is 204 Å². The fourth-order valence-electron chi connectivity index (χ4n) is 8.49. The topological polar surface area (TPSA) is 189 Å². The highest BCUT2D eigenvalue weighted by atomic mass is 16.7. The second-order valence-electron chi connectivity index (χ2n) is 19.0. The standard InChI is InChI=1S/C54H101NO10/c1-3-5-7-9-11-13-15-17-19-21-23-24-26-27-29-31-33-35-37-39-41-46(57)49(59)45(44-64-54-52(62)51(61)50(60)48(43-56)65-54)55-53(63)47(58)42-40-38-36-34-32-30-28-25-22-20-18-16-14-12-10-8-6-4-2/h12,14,16,18,33,35,45-52,54,56-62H,3-11,13,15,17,19-32,34,36-44H2,1-2H3,(H,55,63)/b14-12-,18-16-,35-33+. The van der Waals surface area contributed by atoms with E-state index in [-0.39, 0.29) is 12.8 Å². The largest absolute Gasteiger partial charge is 0.394 e. The van der Waals surface area contributed by atoms with E-state index in [1.54, 1.807) is 0 Å². The van der Waals surface area contributed by atoms with Crippen molar-refractivity contribution >= 4 is 5.91 Å². The van der Waals surface area contributed by atoms with Crippen LogP contribution in [-0.2, 0) is 14.3 Å². The summed E-state index contributed by atoms with van der Waals surface area (Å²) in [4.78, 5) is 13.1. The van der Waals surface area contributed by atoms with Gasteiger partial charge >= 0.3 is 0 Å². The average molecular weight is 924 g/mol. The van der Waals surface area contributed by atoms with Crippen LogP contribution in [0.1, 0.15) is 232 Å². The Hall–Kier alpha value is -1.67. The number of allylic oxidation sites excluding steroid dienone is 6. The van der Waals surface area contributed by atoms with Gasteiger partial charge in [-0.05, 0) is 64.2 Å². The van der Waals surface area contributed by atoms with Crippen molar-refractivity contribution in [2.75, 3.05) is 13.2 Å². The van der Waals surface area contributed by atoms with Crippen LogP contribution in [0.3, 0.4) is 0 Å². The monoisotopic (exact) mass is 924 g/mol. The lowest BCUT2D eigenvalue weighted by Crippen LogP contribution is -2.60. The summed E-state index contributed by atoms with van der Waals surface area (Å²) in [6.45, 7) is 3.42. The summed E-state index contributed by atoms with van der Waals surface area (Å²) in [5.74, 6) is -0.710. The molecule has 9 atom stereocenters. The zero-order valence-corrected chi connectivity index (χ0v) is 41.5. The highest BCUT2D eigenvalue weighted by molar-refractivity contribution is 5.80. The van der Waals surface area contributed by atoms with E-state index in [0.29, 0.717) is 12.8 Å². The van der Waals surface area contributed by atoms with Gasteiger partial charge in [0.15, 0.2) is 6.29 Å². The second kappa shape index (κ2) is 43.6. The van der Waals surface area contributed by atoms with E-state index in [2.05, 4.69) is 55.6 Å². The fourth-order valence-corrected chi connectivity index (χ4v) is 8.49. The first kappa shape index (κ1) is 61.3. The number of amides is 1. The molecule has 1 amide bonds. The van der Waals surface area contributed by atoms with Crippen LogP contribution in [0.5, 0.6) is 0 Å². The number of hydrogen-bond donors (Lipinski definition) is 8. The van der Waals surface area contributed by atoms with Crippen LogP contribution in [0, 0.1) is 0 Å². The molecule has 11 nitrogen and oxygen atoms in total. The second-order valence-corrected chi connectivity index (χ2v) is 19.0. The van der Waals surface area contributed by atoms with Crippen LogP contribution in [0.25, 0.3) is 0 Å². The van der Waals surface area contributed by atoms with Crippen LogP contribution in [0.2, 0.25) is 0 Å². The maximum Gasteiger partial charge on any atom is 0.249 e. The molecular formula is C54H101NO10. The molecule has 11 heteroatoms. The Bertz CT molecular complexity index is 1150. The SMILES string of the molecule is CCCCC/C=C\C=C/CCCCCCCCCCCC(O)C(=O)NC(COC1OC(CO)C(O)C(O)C1O)C(O)C(O)CCC/C=C/CCCCCCCCCCCCCCCCC. The number of unbranched alkanes of at least 4 members (excludes halogenated alkanes) is 28. The molecule has 9 unspecified atom stereocenters. The van der Waals surface area contributed by atoms with Crippen molar-refractivity contribution in [1.82, 2.24) is 5.32 Å². The van der Waals surface area contributed by atoms with E-state index in [4.69, 9.17) is 9.47 Å². The highest BCUT2D eigenvalue weighted by Gasteiger charge is 2.44. The van der Waals surface area contributed by atoms with E-state index in [1.165, 1.54) is 148 Å². The lowest BCUT2D eigenvalue weighted by Gasteiger charge is -2.40. The molecule has 1 saturated heterocycles. The number of carbonyl (C=O) groups is 1. The van der Waals surface area contributed by atoms with Gasteiger partial charge in [0, 0.05) is 0 Å². The molecule has 0 aromatic heterocycles. The summed E-state index contributed by atoms with van der Waals surface area (Å²) in [6, 6.07) is -1.19. The average Bonchev–Trinajstić information content (AvgIpc) is 3.31. The lowest BCUT2D eigenvalue weighted by atomic mass is 9.98. The smallest absolute Gasteiger partial charge is 0.249 e. The molecule has 1 rings (SSSR count). The Morgan fingerprint density at radius 3 is 1.45 bits per heavy atom. The molecule has 0 spiro atoms. The van der Waals surface area contributed by atoms with Gasteiger partial charge < -0.3 is 50.5 Å². The van der Waals surface area contributed by atoms with Crippen LogP contribution >= 0.6 is 0 Å². The predicted molar refractivity (Wildman–Crippen MR) is 265 cm³/mol. The van der Waals surface area contributed by atoms with E-state index in [0.717, 1.165) is 44.9 Å².